The maximum atomic E-state index is 12.6. The SMILES string of the molecule is CC/C(C)=C/CCNCCSCC(Nc1ccc(C(F)(F)F)cn1)C(N)=NC#N. The second-order valence-electron chi connectivity index (χ2n) is 6.28. The second-order valence-corrected chi connectivity index (χ2v) is 7.43. The number of halogens is 3. The van der Waals surface area contributed by atoms with Crippen molar-refractivity contribution in [1.82, 2.24) is 10.3 Å². The highest BCUT2D eigenvalue weighted by Gasteiger charge is 2.30. The number of nitrogens with one attached hydrogen (secondary N) is 2. The maximum Gasteiger partial charge on any atom is 0.417 e. The fourth-order valence-corrected chi connectivity index (χ4v) is 3.14. The number of allylic oxidation sites excluding steroid dienone is 1. The molecule has 0 bridgehead atoms. The molecule has 1 atom stereocenters. The van der Waals surface area contributed by atoms with E-state index in [1.165, 1.54) is 11.6 Å². The van der Waals surface area contributed by atoms with E-state index in [9.17, 15) is 13.2 Å². The minimum Gasteiger partial charge on any atom is -0.385 e. The standard InChI is InChI=1S/C19H27F3N6S/c1-3-14(2)5-4-8-25-9-10-29-12-16(18(24)27-13-23)28-17-7-6-15(11-26-17)19(20,21)22/h5-7,11,16,25H,3-4,8-10,12H2,1-2H3,(H2,24,27)(H,26,28)/b14-5+. The lowest BCUT2D eigenvalue weighted by molar-refractivity contribution is -0.137. The Labute approximate surface area is 173 Å². The van der Waals surface area contributed by atoms with Crippen LogP contribution in [0.5, 0.6) is 0 Å². The predicted molar refractivity (Wildman–Crippen MR) is 113 cm³/mol. The van der Waals surface area contributed by atoms with E-state index in [-0.39, 0.29) is 11.7 Å². The van der Waals surface area contributed by atoms with Gasteiger partial charge in [-0.3, -0.25) is 0 Å². The van der Waals surface area contributed by atoms with Crippen LogP contribution in [-0.4, -0.2) is 41.5 Å². The van der Waals surface area contributed by atoms with Crippen molar-refractivity contribution in [2.24, 2.45) is 10.7 Å². The van der Waals surface area contributed by atoms with Crippen molar-refractivity contribution in [3.05, 3.63) is 35.5 Å². The summed E-state index contributed by atoms with van der Waals surface area (Å²) >= 11 is 1.59. The summed E-state index contributed by atoms with van der Waals surface area (Å²) < 4.78 is 37.9. The van der Waals surface area contributed by atoms with Crippen molar-refractivity contribution >= 4 is 23.4 Å². The highest BCUT2D eigenvalue weighted by molar-refractivity contribution is 7.99. The van der Waals surface area contributed by atoms with Crippen LogP contribution in [0.15, 0.2) is 35.0 Å². The second kappa shape index (κ2) is 13.1. The number of aromatic nitrogens is 1. The molecule has 10 heteroatoms. The van der Waals surface area contributed by atoms with Gasteiger partial charge >= 0.3 is 6.18 Å². The van der Waals surface area contributed by atoms with Gasteiger partial charge in [0.15, 0.2) is 0 Å². The first-order chi connectivity index (χ1) is 13.8. The van der Waals surface area contributed by atoms with E-state index in [2.05, 4.69) is 40.5 Å². The predicted octanol–water partition coefficient (Wildman–Crippen LogP) is 3.79. The van der Waals surface area contributed by atoms with E-state index in [1.54, 1.807) is 18.0 Å². The van der Waals surface area contributed by atoms with E-state index in [1.807, 2.05) is 0 Å². The quantitative estimate of drug-likeness (QED) is 0.154. The summed E-state index contributed by atoms with van der Waals surface area (Å²) in [4.78, 5) is 7.31. The highest BCUT2D eigenvalue weighted by Crippen LogP contribution is 2.28. The van der Waals surface area contributed by atoms with Crippen molar-refractivity contribution < 1.29 is 13.2 Å². The molecule has 0 spiro atoms. The van der Waals surface area contributed by atoms with Crippen molar-refractivity contribution in [3.8, 4) is 6.19 Å². The summed E-state index contributed by atoms with van der Waals surface area (Å²) in [5, 5.41) is 15.0. The summed E-state index contributed by atoms with van der Waals surface area (Å²) in [6.45, 7) is 5.95. The minimum absolute atomic E-state index is 0.0647. The third-order valence-electron chi connectivity index (χ3n) is 4.03. The number of aliphatic imine (C=N–C) groups is 1. The molecule has 29 heavy (non-hydrogen) atoms. The van der Waals surface area contributed by atoms with Crippen LogP contribution in [0.4, 0.5) is 19.0 Å². The maximum absolute atomic E-state index is 12.6. The summed E-state index contributed by atoms with van der Waals surface area (Å²) in [5.74, 6) is 1.61. The summed E-state index contributed by atoms with van der Waals surface area (Å²) in [7, 11) is 0. The minimum atomic E-state index is -4.44. The van der Waals surface area contributed by atoms with Gasteiger partial charge in [-0.05, 0) is 38.4 Å². The number of hydrogen-bond acceptors (Lipinski definition) is 6. The molecule has 1 aromatic heterocycles. The number of nitriles is 1. The normalized spacial score (nSPS) is 13.8. The van der Waals surface area contributed by atoms with Gasteiger partial charge in [-0.15, -0.1) is 0 Å². The Morgan fingerprint density at radius 1 is 1.41 bits per heavy atom. The van der Waals surface area contributed by atoms with Crippen molar-refractivity contribution in [1.29, 1.82) is 5.26 Å². The molecular formula is C19H27F3N6S. The molecule has 0 aliphatic rings. The zero-order valence-electron chi connectivity index (χ0n) is 16.6. The molecule has 160 valence electrons. The molecule has 4 N–H and O–H groups in total. The molecule has 0 radical (unpaired) electrons. The molecule has 0 aliphatic heterocycles. The van der Waals surface area contributed by atoms with Gasteiger partial charge in [0.05, 0.1) is 11.6 Å². The van der Waals surface area contributed by atoms with Gasteiger partial charge in [0, 0.05) is 24.2 Å². The van der Waals surface area contributed by atoms with Crippen molar-refractivity contribution in [2.75, 3.05) is 29.9 Å². The summed E-state index contributed by atoms with van der Waals surface area (Å²) in [6, 6.07) is 1.66. The van der Waals surface area contributed by atoms with E-state index in [4.69, 9.17) is 11.0 Å². The monoisotopic (exact) mass is 428 g/mol. The number of thioether (sulfide) groups is 1. The molecule has 0 aliphatic carbocycles. The number of nitrogens with zero attached hydrogens (tertiary/aromatic N) is 3. The number of anilines is 1. The smallest absolute Gasteiger partial charge is 0.385 e. The van der Waals surface area contributed by atoms with Crippen LogP contribution in [0, 0.1) is 11.5 Å². The van der Waals surface area contributed by atoms with Gasteiger partial charge in [0.2, 0.25) is 6.19 Å². The molecule has 0 aromatic carbocycles. The van der Waals surface area contributed by atoms with Gasteiger partial charge in [0.25, 0.3) is 0 Å². The fourth-order valence-electron chi connectivity index (χ4n) is 2.20. The molecule has 0 saturated carbocycles. The number of hydrogen-bond donors (Lipinski definition) is 3. The highest BCUT2D eigenvalue weighted by atomic mass is 32.2. The number of rotatable bonds is 12. The van der Waals surface area contributed by atoms with E-state index < -0.39 is 17.8 Å². The lowest BCUT2D eigenvalue weighted by atomic mass is 10.2. The Bertz CT molecular complexity index is 710. The molecule has 6 nitrogen and oxygen atoms in total. The number of alkyl halides is 3. The Hall–Kier alpha value is -2.25. The molecule has 1 unspecified atom stereocenters. The molecule has 0 fully saturated rings. The zero-order valence-corrected chi connectivity index (χ0v) is 17.4. The average molecular weight is 429 g/mol. The van der Waals surface area contributed by atoms with Gasteiger partial charge in [-0.1, -0.05) is 18.6 Å². The Balaban J connectivity index is 2.49. The van der Waals surface area contributed by atoms with Crippen molar-refractivity contribution in [3.63, 3.8) is 0 Å². The first-order valence-corrected chi connectivity index (χ1v) is 10.4. The van der Waals surface area contributed by atoms with E-state index in [0.717, 1.165) is 43.9 Å². The lowest BCUT2D eigenvalue weighted by Gasteiger charge is -2.18. The third-order valence-corrected chi connectivity index (χ3v) is 5.09. The van der Waals surface area contributed by atoms with Gasteiger partial charge in [-0.2, -0.15) is 35.2 Å². The number of amidine groups is 1. The molecular weight excluding hydrogens is 401 g/mol. The van der Waals surface area contributed by atoms with Gasteiger partial charge < -0.3 is 16.4 Å². The van der Waals surface area contributed by atoms with Crippen LogP contribution in [0.25, 0.3) is 0 Å². The van der Waals surface area contributed by atoms with Crippen LogP contribution in [0.1, 0.15) is 32.3 Å². The Morgan fingerprint density at radius 3 is 2.76 bits per heavy atom. The van der Waals surface area contributed by atoms with E-state index in [0.29, 0.717) is 5.75 Å². The zero-order chi connectivity index (χ0) is 21.7. The first kappa shape index (κ1) is 24.8. The van der Waals surface area contributed by atoms with Crippen LogP contribution in [0.3, 0.4) is 0 Å². The van der Waals surface area contributed by atoms with E-state index >= 15 is 0 Å². The Kier molecular flexibility index (Phi) is 11.2. The fraction of sp³-hybridized carbons (Fsp3) is 0.526. The summed E-state index contributed by atoms with van der Waals surface area (Å²) in [5.41, 5.74) is 6.36. The number of nitrogens with two attached hydrogens (primary N) is 1. The Morgan fingerprint density at radius 2 is 2.17 bits per heavy atom. The largest absolute Gasteiger partial charge is 0.417 e. The summed E-state index contributed by atoms with van der Waals surface area (Å²) in [6.07, 6.45) is 2.20. The first-order valence-electron chi connectivity index (χ1n) is 9.24. The third kappa shape index (κ3) is 10.2. The molecule has 0 saturated heterocycles. The lowest BCUT2D eigenvalue weighted by Crippen LogP contribution is -2.38. The molecule has 0 amide bonds. The van der Waals surface area contributed by atoms with Gasteiger partial charge in [-0.25, -0.2) is 4.98 Å². The van der Waals surface area contributed by atoms with Gasteiger partial charge in [0.1, 0.15) is 11.7 Å². The molecule has 1 heterocycles. The topological polar surface area (TPSA) is 99.1 Å². The average Bonchev–Trinajstić information content (AvgIpc) is 2.68. The molecule has 1 rings (SSSR count). The van der Waals surface area contributed by atoms with Crippen LogP contribution < -0.4 is 16.4 Å². The van der Waals surface area contributed by atoms with Crippen molar-refractivity contribution in [2.45, 2.75) is 38.9 Å². The number of pyridine rings is 1. The van der Waals surface area contributed by atoms with Crippen LogP contribution in [-0.2, 0) is 6.18 Å². The molecule has 1 aromatic rings. The van der Waals surface area contributed by atoms with Crippen LogP contribution >= 0.6 is 11.8 Å². The van der Waals surface area contributed by atoms with Crippen LogP contribution in [0.2, 0.25) is 0 Å².